The first-order chi connectivity index (χ1) is 8.40. The fraction of sp³-hybridized carbons (Fsp3) is 0.571. The van der Waals surface area contributed by atoms with Gasteiger partial charge in [0.05, 0.1) is 11.9 Å². The number of hydrogen-bond donors (Lipinski definition) is 1. The van der Waals surface area contributed by atoms with Crippen molar-refractivity contribution >= 4 is 17.4 Å². The number of amides is 1. The van der Waals surface area contributed by atoms with E-state index in [1.54, 1.807) is 18.1 Å². The monoisotopic (exact) mass is 249 g/mol. The summed E-state index contributed by atoms with van der Waals surface area (Å²) in [6, 6.07) is 4.16. The molecule has 0 saturated heterocycles. The summed E-state index contributed by atoms with van der Waals surface area (Å²) in [5, 5.41) is 3.22. The van der Waals surface area contributed by atoms with Gasteiger partial charge in [-0.15, -0.1) is 0 Å². The van der Waals surface area contributed by atoms with Crippen LogP contribution >= 0.6 is 0 Å². The second kappa shape index (κ2) is 6.38. The Morgan fingerprint density at radius 3 is 2.44 bits per heavy atom. The molecule has 0 atom stereocenters. The molecular formula is C14H23N3O. The average Bonchev–Trinajstić information content (AvgIpc) is 2.27. The van der Waals surface area contributed by atoms with Crippen LogP contribution in [0.2, 0.25) is 0 Å². The Morgan fingerprint density at radius 1 is 1.33 bits per heavy atom. The Kier molecular flexibility index (Phi) is 5.13. The highest BCUT2D eigenvalue weighted by molar-refractivity contribution is 5.92. The summed E-state index contributed by atoms with van der Waals surface area (Å²) >= 11 is 0. The lowest BCUT2D eigenvalue weighted by Gasteiger charge is -2.18. The number of anilines is 2. The standard InChI is InChI=1S/C14H23N3O/c1-10(2)8-14(18)17(5)12-6-7-13(15-9-12)16-11(3)4/h6-7,9-11H,8H2,1-5H3,(H,15,16). The first-order valence-electron chi connectivity index (χ1n) is 6.39. The predicted octanol–water partition coefficient (Wildman–Crippen LogP) is 2.91. The summed E-state index contributed by atoms with van der Waals surface area (Å²) in [6.07, 6.45) is 2.28. The van der Waals surface area contributed by atoms with Crippen molar-refractivity contribution in [2.75, 3.05) is 17.3 Å². The molecule has 0 fully saturated rings. The number of rotatable bonds is 5. The highest BCUT2D eigenvalue weighted by Gasteiger charge is 2.12. The van der Waals surface area contributed by atoms with Crippen LogP contribution in [0.5, 0.6) is 0 Å². The lowest BCUT2D eigenvalue weighted by Crippen LogP contribution is -2.27. The van der Waals surface area contributed by atoms with Gasteiger partial charge >= 0.3 is 0 Å². The summed E-state index contributed by atoms with van der Waals surface area (Å²) in [7, 11) is 1.79. The van der Waals surface area contributed by atoms with E-state index in [1.165, 1.54) is 0 Å². The molecule has 18 heavy (non-hydrogen) atoms. The Hall–Kier alpha value is -1.58. The van der Waals surface area contributed by atoms with E-state index in [9.17, 15) is 4.79 Å². The van der Waals surface area contributed by atoms with Crippen LogP contribution in [-0.4, -0.2) is 24.0 Å². The molecule has 0 radical (unpaired) electrons. The van der Waals surface area contributed by atoms with Gasteiger partial charge in [-0.1, -0.05) is 13.8 Å². The molecule has 1 aromatic heterocycles. The minimum Gasteiger partial charge on any atom is -0.368 e. The largest absolute Gasteiger partial charge is 0.368 e. The number of pyridine rings is 1. The summed E-state index contributed by atoms with van der Waals surface area (Å²) in [5.41, 5.74) is 0.829. The smallest absolute Gasteiger partial charge is 0.227 e. The number of aromatic nitrogens is 1. The van der Waals surface area contributed by atoms with Gasteiger partial charge in [-0.3, -0.25) is 4.79 Å². The van der Waals surface area contributed by atoms with Crippen molar-refractivity contribution < 1.29 is 4.79 Å². The van der Waals surface area contributed by atoms with Gasteiger partial charge in [0.15, 0.2) is 0 Å². The van der Waals surface area contributed by atoms with Crippen LogP contribution in [0.15, 0.2) is 18.3 Å². The quantitative estimate of drug-likeness (QED) is 0.872. The Morgan fingerprint density at radius 2 is 2.00 bits per heavy atom. The highest BCUT2D eigenvalue weighted by Crippen LogP contribution is 2.16. The zero-order valence-corrected chi connectivity index (χ0v) is 11.9. The molecule has 1 aromatic rings. The zero-order valence-electron chi connectivity index (χ0n) is 11.9. The van der Waals surface area contributed by atoms with Gasteiger partial charge in [0.2, 0.25) is 5.91 Å². The van der Waals surface area contributed by atoms with E-state index in [-0.39, 0.29) is 5.91 Å². The maximum Gasteiger partial charge on any atom is 0.227 e. The van der Waals surface area contributed by atoms with Gasteiger partial charge in [-0.2, -0.15) is 0 Å². The van der Waals surface area contributed by atoms with Crippen LogP contribution in [0.25, 0.3) is 0 Å². The molecule has 0 saturated carbocycles. The third-order valence-electron chi connectivity index (χ3n) is 2.53. The summed E-state index contributed by atoms with van der Waals surface area (Å²) in [4.78, 5) is 17.9. The molecule has 0 aliphatic rings. The Balaban J connectivity index is 2.69. The number of carbonyl (C=O) groups excluding carboxylic acids is 1. The summed E-state index contributed by atoms with van der Waals surface area (Å²) in [5.74, 6) is 1.32. The minimum atomic E-state index is 0.122. The van der Waals surface area contributed by atoms with E-state index < -0.39 is 0 Å². The van der Waals surface area contributed by atoms with Crippen LogP contribution in [0.3, 0.4) is 0 Å². The third kappa shape index (κ3) is 4.35. The van der Waals surface area contributed by atoms with Crippen molar-refractivity contribution in [2.45, 2.75) is 40.2 Å². The lowest BCUT2D eigenvalue weighted by molar-refractivity contribution is -0.119. The summed E-state index contributed by atoms with van der Waals surface area (Å²) < 4.78 is 0. The maximum absolute atomic E-state index is 11.9. The molecule has 4 nitrogen and oxygen atoms in total. The fourth-order valence-corrected chi connectivity index (χ4v) is 1.60. The average molecular weight is 249 g/mol. The maximum atomic E-state index is 11.9. The van der Waals surface area contributed by atoms with Gasteiger partial charge in [0.1, 0.15) is 5.82 Å². The molecule has 0 spiro atoms. The van der Waals surface area contributed by atoms with Gasteiger partial charge in [0.25, 0.3) is 0 Å². The van der Waals surface area contributed by atoms with Crippen LogP contribution in [0, 0.1) is 5.92 Å². The van der Waals surface area contributed by atoms with E-state index in [2.05, 4.69) is 24.1 Å². The molecule has 100 valence electrons. The molecule has 0 aliphatic heterocycles. The molecule has 0 aromatic carbocycles. The van der Waals surface area contributed by atoms with Crippen LogP contribution in [0.1, 0.15) is 34.1 Å². The van der Waals surface area contributed by atoms with Gasteiger partial charge in [0, 0.05) is 19.5 Å². The molecule has 0 unspecified atom stereocenters. The number of hydrogen-bond acceptors (Lipinski definition) is 3. The molecule has 1 heterocycles. The molecule has 0 bridgehead atoms. The van der Waals surface area contributed by atoms with Crippen LogP contribution in [-0.2, 0) is 4.79 Å². The Labute approximate surface area is 109 Å². The number of carbonyl (C=O) groups is 1. The first-order valence-corrected chi connectivity index (χ1v) is 6.39. The van der Waals surface area contributed by atoms with E-state index in [4.69, 9.17) is 0 Å². The number of nitrogens with one attached hydrogen (secondary N) is 1. The normalized spacial score (nSPS) is 10.8. The second-order valence-corrected chi connectivity index (χ2v) is 5.25. The number of nitrogens with zero attached hydrogens (tertiary/aromatic N) is 2. The lowest BCUT2D eigenvalue weighted by atomic mass is 10.1. The van der Waals surface area contributed by atoms with Crippen LogP contribution in [0.4, 0.5) is 11.5 Å². The molecule has 1 N–H and O–H groups in total. The van der Waals surface area contributed by atoms with Crippen molar-refractivity contribution in [2.24, 2.45) is 5.92 Å². The van der Waals surface area contributed by atoms with Crippen molar-refractivity contribution in [3.63, 3.8) is 0 Å². The fourth-order valence-electron chi connectivity index (χ4n) is 1.60. The Bertz CT molecular complexity index is 385. The van der Waals surface area contributed by atoms with Gasteiger partial charge in [-0.25, -0.2) is 4.98 Å². The van der Waals surface area contributed by atoms with Crippen molar-refractivity contribution in [3.05, 3.63) is 18.3 Å². The van der Waals surface area contributed by atoms with Crippen molar-refractivity contribution in [1.82, 2.24) is 4.98 Å². The topological polar surface area (TPSA) is 45.2 Å². The van der Waals surface area contributed by atoms with E-state index in [0.717, 1.165) is 11.5 Å². The van der Waals surface area contributed by atoms with E-state index in [0.29, 0.717) is 18.4 Å². The molecule has 1 rings (SSSR count). The SMILES string of the molecule is CC(C)CC(=O)N(C)c1ccc(NC(C)C)nc1. The van der Waals surface area contributed by atoms with E-state index in [1.807, 2.05) is 26.0 Å². The van der Waals surface area contributed by atoms with Crippen molar-refractivity contribution in [1.29, 1.82) is 0 Å². The second-order valence-electron chi connectivity index (χ2n) is 5.25. The zero-order chi connectivity index (χ0) is 13.7. The first kappa shape index (κ1) is 14.5. The highest BCUT2D eigenvalue weighted by atomic mass is 16.2. The predicted molar refractivity (Wildman–Crippen MR) is 75.9 cm³/mol. The molecule has 1 amide bonds. The molecular weight excluding hydrogens is 226 g/mol. The molecule has 4 heteroatoms. The third-order valence-corrected chi connectivity index (χ3v) is 2.53. The van der Waals surface area contributed by atoms with Crippen molar-refractivity contribution in [3.8, 4) is 0 Å². The van der Waals surface area contributed by atoms with E-state index >= 15 is 0 Å². The van der Waals surface area contributed by atoms with Gasteiger partial charge in [-0.05, 0) is 31.9 Å². The summed E-state index contributed by atoms with van der Waals surface area (Å²) in [6.45, 7) is 8.21. The minimum absolute atomic E-state index is 0.122. The molecule has 0 aliphatic carbocycles. The van der Waals surface area contributed by atoms with Crippen LogP contribution < -0.4 is 10.2 Å². The van der Waals surface area contributed by atoms with Gasteiger partial charge < -0.3 is 10.2 Å².